The molecule has 0 spiro atoms. The van der Waals surface area contributed by atoms with Crippen LogP contribution in [-0.2, 0) is 11.5 Å². The van der Waals surface area contributed by atoms with Crippen molar-refractivity contribution in [1.82, 2.24) is 29.5 Å². The van der Waals surface area contributed by atoms with Crippen LogP contribution in [0, 0.1) is 18.6 Å². The Morgan fingerprint density at radius 1 is 1.10 bits per heavy atom. The third-order valence-electron chi connectivity index (χ3n) is 5.04. The average molecular weight is 417 g/mol. The van der Waals surface area contributed by atoms with E-state index in [0.717, 1.165) is 37.7 Å². The van der Waals surface area contributed by atoms with Gasteiger partial charge in [0.15, 0.2) is 0 Å². The summed E-state index contributed by atoms with van der Waals surface area (Å²) in [5.74, 6) is 0.975. The van der Waals surface area contributed by atoms with Gasteiger partial charge in [0.2, 0.25) is 10.7 Å². The Morgan fingerprint density at radius 3 is 2.34 bits per heavy atom. The van der Waals surface area contributed by atoms with Crippen LogP contribution in [0.3, 0.4) is 0 Å². The highest BCUT2D eigenvalue weighted by Gasteiger charge is 2.22. The minimum atomic E-state index is -0.191. The molecule has 7 nitrogen and oxygen atoms in total. The minimum absolute atomic E-state index is 0.0840. The Labute approximate surface area is 178 Å². The molecule has 1 aliphatic rings. The lowest BCUT2D eigenvalue weighted by Gasteiger charge is -2.34. The van der Waals surface area contributed by atoms with E-state index in [0.29, 0.717) is 18.0 Å². The number of para-hydroxylation sites is 1. The minimum Gasteiger partial charge on any atom is -0.350 e. The van der Waals surface area contributed by atoms with Gasteiger partial charge in [-0.1, -0.05) is 18.2 Å². The van der Waals surface area contributed by atoms with Crippen molar-refractivity contribution >= 4 is 18.1 Å². The predicted molar refractivity (Wildman–Crippen MR) is 118 cm³/mol. The number of benzene rings is 1. The van der Waals surface area contributed by atoms with Crippen molar-refractivity contribution in [3.05, 3.63) is 40.4 Å². The normalized spacial score (nSPS) is 16.2. The zero-order valence-corrected chi connectivity index (χ0v) is 18.9. The number of nitrogens with one attached hydrogen (secondary N) is 1. The first-order chi connectivity index (χ1) is 13.6. The summed E-state index contributed by atoms with van der Waals surface area (Å²) >= 11 is 5.73. The molecule has 2 aromatic rings. The Kier molecular flexibility index (Phi) is 6.55. The average Bonchev–Trinajstić information content (AvgIpc) is 2.89. The smallest absolute Gasteiger partial charge is 0.234 e. The summed E-state index contributed by atoms with van der Waals surface area (Å²) in [4.78, 5) is 16.7. The number of rotatable bonds is 5. The lowest BCUT2D eigenvalue weighted by molar-refractivity contribution is -0.124. The zero-order chi connectivity index (χ0) is 21.2. The number of aryl methyl sites for hydroxylation is 2. The van der Waals surface area contributed by atoms with E-state index >= 15 is 0 Å². The van der Waals surface area contributed by atoms with Gasteiger partial charge < -0.3 is 5.32 Å². The van der Waals surface area contributed by atoms with E-state index < -0.39 is 0 Å². The number of nitrogens with zero attached hydrogens (tertiary/aromatic N) is 5. The second-order valence-electron chi connectivity index (χ2n) is 8.78. The number of carbonyl (C=O) groups is 1. The second kappa shape index (κ2) is 8.77. The summed E-state index contributed by atoms with van der Waals surface area (Å²) in [5, 5.41) is 7.71. The summed E-state index contributed by atoms with van der Waals surface area (Å²) in [5.41, 5.74) is 2.06. The lowest BCUT2D eigenvalue weighted by Crippen LogP contribution is -2.51. The molecule has 1 saturated heterocycles. The molecule has 8 heteroatoms. The topological polar surface area (TPSA) is 58.3 Å². The van der Waals surface area contributed by atoms with Gasteiger partial charge in [0.1, 0.15) is 5.82 Å². The fourth-order valence-corrected chi connectivity index (χ4v) is 3.97. The third-order valence-corrected chi connectivity index (χ3v) is 5.43. The first-order valence-corrected chi connectivity index (χ1v) is 10.5. The molecule has 1 aromatic carbocycles. The summed E-state index contributed by atoms with van der Waals surface area (Å²) in [6, 6.07) is 8.22. The van der Waals surface area contributed by atoms with Gasteiger partial charge in [0.05, 0.1) is 18.9 Å². The van der Waals surface area contributed by atoms with Gasteiger partial charge >= 0.3 is 0 Å². The van der Waals surface area contributed by atoms with Crippen LogP contribution in [0.5, 0.6) is 0 Å². The van der Waals surface area contributed by atoms with Gasteiger partial charge in [-0.15, -0.1) is 0 Å². The molecule has 1 N–H and O–H groups in total. The van der Waals surface area contributed by atoms with Gasteiger partial charge in [-0.05, 0) is 58.5 Å². The molecule has 1 fully saturated rings. The van der Waals surface area contributed by atoms with Crippen molar-refractivity contribution in [2.75, 3.05) is 32.7 Å². The van der Waals surface area contributed by atoms with Crippen LogP contribution < -0.4 is 5.32 Å². The number of carbonyl (C=O) groups excluding carboxylic acids is 1. The van der Waals surface area contributed by atoms with Gasteiger partial charge in [-0.25, -0.2) is 4.68 Å². The van der Waals surface area contributed by atoms with Crippen LogP contribution in [-0.4, -0.2) is 68.3 Å². The van der Waals surface area contributed by atoms with Crippen molar-refractivity contribution in [1.29, 1.82) is 0 Å². The molecule has 158 valence electrons. The largest absolute Gasteiger partial charge is 0.350 e. The summed E-state index contributed by atoms with van der Waals surface area (Å²) < 4.78 is 4.65. The van der Waals surface area contributed by atoms with Crippen molar-refractivity contribution in [3.63, 3.8) is 0 Å². The van der Waals surface area contributed by atoms with Crippen molar-refractivity contribution in [3.8, 4) is 5.69 Å². The standard InChI is InChI=1S/C21H32N6OS/c1-16-8-6-7-9-18(16)27-17(2)23-26(20(27)29)15-25-12-10-24(11-13-25)14-19(28)22-21(3,4)5/h6-9H,10-15H2,1-5H3,(H,22,28). The lowest BCUT2D eigenvalue weighted by atomic mass is 10.1. The maximum atomic E-state index is 12.1. The highest BCUT2D eigenvalue weighted by molar-refractivity contribution is 7.71. The highest BCUT2D eigenvalue weighted by atomic mass is 32.1. The first-order valence-electron chi connectivity index (χ1n) is 10.1. The molecule has 0 radical (unpaired) electrons. The third kappa shape index (κ3) is 5.52. The van der Waals surface area contributed by atoms with Gasteiger partial charge in [0, 0.05) is 31.7 Å². The Morgan fingerprint density at radius 2 is 1.72 bits per heavy atom. The van der Waals surface area contributed by atoms with Crippen LogP contribution in [0.4, 0.5) is 0 Å². The summed E-state index contributed by atoms with van der Waals surface area (Å²) in [6.07, 6.45) is 0. The number of amides is 1. The maximum Gasteiger partial charge on any atom is 0.234 e. The quantitative estimate of drug-likeness (QED) is 0.759. The Hall–Kier alpha value is -2.03. The first kappa shape index (κ1) is 21.7. The molecule has 0 saturated carbocycles. The molecule has 3 rings (SSSR count). The van der Waals surface area contributed by atoms with Crippen LogP contribution >= 0.6 is 12.2 Å². The number of hydrogen-bond acceptors (Lipinski definition) is 5. The molecular weight excluding hydrogens is 384 g/mol. The fourth-order valence-electron chi connectivity index (χ4n) is 3.64. The van der Waals surface area contributed by atoms with Gasteiger partial charge in [-0.2, -0.15) is 5.10 Å². The van der Waals surface area contributed by atoms with Gasteiger partial charge in [0.25, 0.3) is 0 Å². The molecule has 0 atom stereocenters. The predicted octanol–water partition coefficient (Wildman–Crippen LogP) is 2.51. The molecule has 29 heavy (non-hydrogen) atoms. The van der Waals surface area contributed by atoms with E-state index in [1.54, 1.807) is 0 Å². The van der Waals surface area contributed by atoms with E-state index in [1.165, 1.54) is 5.56 Å². The highest BCUT2D eigenvalue weighted by Crippen LogP contribution is 2.17. The van der Waals surface area contributed by atoms with Crippen LogP contribution in [0.25, 0.3) is 5.69 Å². The van der Waals surface area contributed by atoms with Crippen molar-refractivity contribution < 1.29 is 4.79 Å². The van der Waals surface area contributed by atoms with Crippen LogP contribution in [0.1, 0.15) is 32.2 Å². The van der Waals surface area contributed by atoms with Crippen molar-refractivity contribution in [2.45, 2.75) is 46.8 Å². The van der Waals surface area contributed by atoms with E-state index in [2.05, 4.69) is 39.3 Å². The van der Waals surface area contributed by atoms with E-state index in [4.69, 9.17) is 12.2 Å². The van der Waals surface area contributed by atoms with Crippen molar-refractivity contribution in [2.24, 2.45) is 0 Å². The molecule has 1 aromatic heterocycles. The Bertz CT molecular complexity index is 918. The molecule has 2 heterocycles. The molecule has 0 aliphatic carbocycles. The fraction of sp³-hybridized carbons (Fsp3) is 0.571. The van der Waals surface area contributed by atoms with E-state index in [1.807, 2.05) is 49.1 Å². The molecular formula is C21H32N6OS. The number of piperazine rings is 1. The Balaban J connectivity index is 1.60. The van der Waals surface area contributed by atoms with Crippen LogP contribution in [0.2, 0.25) is 0 Å². The van der Waals surface area contributed by atoms with E-state index in [9.17, 15) is 4.79 Å². The summed E-state index contributed by atoms with van der Waals surface area (Å²) in [7, 11) is 0. The van der Waals surface area contributed by atoms with Crippen LogP contribution in [0.15, 0.2) is 24.3 Å². The molecule has 0 unspecified atom stereocenters. The SMILES string of the molecule is Cc1ccccc1-n1c(C)nn(CN2CCN(CC(=O)NC(C)(C)C)CC2)c1=S. The number of hydrogen-bond donors (Lipinski definition) is 1. The molecule has 1 aliphatic heterocycles. The maximum absolute atomic E-state index is 12.1. The summed E-state index contributed by atoms with van der Waals surface area (Å²) in [6.45, 7) is 14.7. The number of aromatic nitrogens is 3. The van der Waals surface area contributed by atoms with Gasteiger partial charge in [-0.3, -0.25) is 19.2 Å². The monoisotopic (exact) mass is 416 g/mol. The second-order valence-corrected chi connectivity index (χ2v) is 9.15. The van der Waals surface area contributed by atoms with E-state index in [-0.39, 0.29) is 11.4 Å². The molecule has 1 amide bonds. The molecule has 0 bridgehead atoms. The zero-order valence-electron chi connectivity index (χ0n) is 18.1.